The van der Waals surface area contributed by atoms with E-state index in [0.29, 0.717) is 5.38 Å². The number of fused-ring (bicyclic) bond motifs is 1. The Bertz CT molecular complexity index is 669. The predicted octanol–water partition coefficient (Wildman–Crippen LogP) is 7.28. The molecule has 0 amide bonds. The molecule has 144 valence electrons. The van der Waals surface area contributed by atoms with Gasteiger partial charge in [0.05, 0.1) is 13.2 Å². The number of hydrogen-bond donors (Lipinski definition) is 0. The van der Waals surface area contributed by atoms with E-state index in [1.165, 1.54) is 18.4 Å². The zero-order valence-corrected chi connectivity index (χ0v) is 17.3. The van der Waals surface area contributed by atoms with E-state index in [-0.39, 0.29) is 0 Å². The van der Waals surface area contributed by atoms with Crippen molar-refractivity contribution in [3.63, 3.8) is 0 Å². The summed E-state index contributed by atoms with van der Waals surface area (Å²) in [5.41, 5.74) is 1.23. The van der Waals surface area contributed by atoms with E-state index in [0.717, 1.165) is 67.6 Å². The summed E-state index contributed by atoms with van der Waals surface area (Å²) in [4.78, 5) is 0. The smallest absolute Gasteiger partial charge is 0.127 e. The largest absolute Gasteiger partial charge is 0.493 e. The van der Waals surface area contributed by atoms with Crippen LogP contribution in [0.15, 0.2) is 30.3 Å². The Kier molecular flexibility index (Phi) is 9.11. The second kappa shape index (κ2) is 11.3. The minimum Gasteiger partial charge on any atom is -0.493 e. The molecule has 0 aliphatic carbocycles. The molecule has 1 unspecified atom stereocenters. The number of benzene rings is 2. The lowest BCUT2D eigenvalue weighted by Gasteiger charge is -2.14. The molecular weight excluding hydrogens is 344 g/mol. The van der Waals surface area contributed by atoms with Crippen LogP contribution in [0.25, 0.3) is 10.8 Å². The fourth-order valence-electron chi connectivity index (χ4n) is 3.05. The van der Waals surface area contributed by atoms with Crippen LogP contribution < -0.4 is 9.47 Å². The summed E-state index contributed by atoms with van der Waals surface area (Å²) in [5, 5.41) is 2.57. The molecule has 0 saturated heterocycles. The van der Waals surface area contributed by atoms with E-state index in [1.807, 2.05) is 12.1 Å². The molecule has 0 spiro atoms. The van der Waals surface area contributed by atoms with Crippen molar-refractivity contribution in [2.24, 2.45) is 0 Å². The topological polar surface area (TPSA) is 18.5 Å². The molecule has 0 heterocycles. The molecule has 2 aromatic rings. The van der Waals surface area contributed by atoms with Gasteiger partial charge in [-0.25, -0.2) is 0 Å². The van der Waals surface area contributed by atoms with Crippen LogP contribution in [-0.4, -0.2) is 18.6 Å². The molecule has 0 aliphatic heterocycles. The van der Waals surface area contributed by atoms with Crippen LogP contribution in [0.2, 0.25) is 0 Å². The SMILES string of the molecule is CCCCCOc1ccc(OCCCCC(Cl)CC)c2cc(C)ccc12. The summed E-state index contributed by atoms with van der Waals surface area (Å²) in [6.45, 7) is 7.96. The summed E-state index contributed by atoms with van der Waals surface area (Å²) in [6, 6.07) is 10.6. The Morgan fingerprint density at radius 2 is 1.50 bits per heavy atom. The van der Waals surface area contributed by atoms with E-state index < -0.39 is 0 Å². The van der Waals surface area contributed by atoms with Crippen molar-refractivity contribution in [1.82, 2.24) is 0 Å². The van der Waals surface area contributed by atoms with E-state index >= 15 is 0 Å². The van der Waals surface area contributed by atoms with Gasteiger partial charge in [-0.2, -0.15) is 0 Å². The van der Waals surface area contributed by atoms with Gasteiger partial charge >= 0.3 is 0 Å². The van der Waals surface area contributed by atoms with Crippen LogP contribution in [0.4, 0.5) is 0 Å². The fourth-order valence-corrected chi connectivity index (χ4v) is 3.20. The zero-order chi connectivity index (χ0) is 18.8. The maximum atomic E-state index is 6.18. The second-order valence-electron chi connectivity index (χ2n) is 7.02. The summed E-state index contributed by atoms with van der Waals surface area (Å²) >= 11 is 6.18. The van der Waals surface area contributed by atoms with Crippen molar-refractivity contribution < 1.29 is 9.47 Å². The standard InChI is InChI=1S/C23H33ClO2/c1-4-6-8-15-25-22-13-14-23(21-17-18(3)11-12-20(21)22)26-16-9-7-10-19(24)5-2/h11-14,17,19H,4-10,15-16H2,1-3H3. The zero-order valence-electron chi connectivity index (χ0n) is 16.5. The lowest BCUT2D eigenvalue weighted by Crippen LogP contribution is -2.02. The van der Waals surface area contributed by atoms with Gasteiger partial charge in [0.25, 0.3) is 0 Å². The highest BCUT2D eigenvalue weighted by atomic mass is 35.5. The quantitative estimate of drug-likeness (QED) is 0.286. The van der Waals surface area contributed by atoms with Crippen molar-refractivity contribution in [3.8, 4) is 11.5 Å². The molecule has 0 saturated carbocycles. The monoisotopic (exact) mass is 376 g/mol. The number of halogens is 1. The summed E-state index contributed by atoms with van der Waals surface area (Å²) < 4.78 is 12.1. The lowest BCUT2D eigenvalue weighted by atomic mass is 10.1. The predicted molar refractivity (Wildman–Crippen MR) is 113 cm³/mol. The van der Waals surface area contributed by atoms with E-state index in [2.05, 4.69) is 39.0 Å². The van der Waals surface area contributed by atoms with Crippen molar-refractivity contribution in [2.75, 3.05) is 13.2 Å². The number of hydrogen-bond acceptors (Lipinski definition) is 2. The average molecular weight is 377 g/mol. The summed E-state index contributed by atoms with van der Waals surface area (Å²) in [7, 11) is 0. The first-order valence-corrected chi connectivity index (χ1v) is 10.5. The van der Waals surface area contributed by atoms with Gasteiger partial charge in [-0.05, 0) is 57.2 Å². The Labute approximate surface area is 163 Å². The molecule has 1 atom stereocenters. The Balaban J connectivity index is 2.01. The number of ether oxygens (including phenoxy) is 2. The van der Waals surface area contributed by atoms with Gasteiger partial charge in [0.1, 0.15) is 11.5 Å². The normalized spacial score (nSPS) is 12.3. The van der Waals surface area contributed by atoms with E-state index in [4.69, 9.17) is 21.1 Å². The number of rotatable bonds is 12. The van der Waals surface area contributed by atoms with Crippen molar-refractivity contribution >= 4 is 22.4 Å². The third-order valence-electron chi connectivity index (χ3n) is 4.71. The Morgan fingerprint density at radius 1 is 0.846 bits per heavy atom. The van der Waals surface area contributed by atoms with Crippen LogP contribution in [0.3, 0.4) is 0 Å². The first kappa shape index (κ1) is 20.9. The highest BCUT2D eigenvalue weighted by molar-refractivity contribution is 6.20. The number of unbranched alkanes of at least 4 members (excludes halogenated alkanes) is 3. The third kappa shape index (κ3) is 6.39. The molecule has 2 aromatic carbocycles. The van der Waals surface area contributed by atoms with Crippen molar-refractivity contribution in [1.29, 1.82) is 0 Å². The van der Waals surface area contributed by atoms with Gasteiger partial charge in [-0.1, -0.05) is 44.4 Å². The molecule has 0 aliphatic rings. The maximum absolute atomic E-state index is 6.18. The lowest BCUT2D eigenvalue weighted by molar-refractivity contribution is 0.302. The van der Waals surface area contributed by atoms with Crippen molar-refractivity contribution in [3.05, 3.63) is 35.9 Å². The van der Waals surface area contributed by atoms with Crippen LogP contribution >= 0.6 is 11.6 Å². The molecule has 0 aromatic heterocycles. The van der Waals surface area contributed by atoms with Crippen LogP contribution in [-0.2, 0) is 0 Å². The fraction of sp³-hybridized carbons (Fsp3) is 0.565. The van der Waals surface area contributed by atoms with Crippen molar-refractivity contribution in [2.45, 2.75) is 71.1 Å². The molecule has 3 heteroatoms. The Morgan fingerprint density at radius 3 is 2.15 bits per heavy atom. The average Bonchev–Trinajstić information content (AvgIpc) is 2.65. The molecule has 0 N–H and O–H groups in total. The van der Waals surface area contributed by atoms with Crippen LogP contribution in [0.1, 0.15) is 64.4 Å². The number of alkyl halides is 1. The molecular formula is C23H33ClO2. The first-order valence-electron chi connectivity index (χ1n) is 10.1. The molecule has 26 heavy (non-hydrogen) atoms. The van der Waals surface area contributed by atoms with Crippen LogP contribution in [0, 0.1) is 6.92 Å². The highest BCUT2D eigenvalue weighted by Crippen LogP contribution is 2.34. The van der Waals surface area contributed by atoms with Gasteiger partial charge in [-0.15, -0.1) is 11.6 Å². The van der Waals surface area contributed by atoms with Gasteiger partial charge in [-0.3, -0.25) is 0 Å². The molecule has 0 bridgehead atoms. The maximum Gasteiger partial charge on any atom is 0.127 e. The van der Waals surface area contributed by atoms with Gasteiger partial charge in [0, 0.05) is 16.1 Å². The van der Waals surface area contributed by atoms with Gasteiger partial charge < -0.3 is 9.47 Å². The molecule has 2 nitrogen and oxygen atoms in total. The van der Waals surface area contributed by atoms with E-state index in [9.17, 15) is 0 Å². The summed E-state index contributed by atoms with van der Waals surface area (Å²) in [5.74, 6) is 1.90. The minimum absolute atomic E-state index is 0.294. The first-order chi connectivity index (χ1) is 12.7. The molecule has 0 radical (unpaired) electrons. The second-order valence-corrected chi connectivity index (χ2v) is 7.63. The Hall–Kier alpha value is -1.41. The van der Waals surface area contributed by atoms with Gasteiger partial charge in [0.2, 0.25) is 0 Å². The van der Waals surface area contributed by atoms with E-state index in [1.54, 1.807) is 0 Å². The van der Waals surface area contributed by atoms with Gasteiger partial charge in [0.15, 0.2) is 0 Å². The number of aryl methyl sites for hydroxylation is 1. The minimum atomic E-state index is 0.294. The third-order valence-corrected chi connectivity index (χ3v) is 5.24. The molecule has 2 rings (SSSR count). The van der Waals surface area contributed by atoms with Crippen LogP contribution in [0.5, 0.6) is 11.5 Å². The molecule has 0 fully saturated rings. The summed E-state index contributed by atoms with van der Waals surface area (Å²) in [6.07, 6.45) is 7.75. The highest BCUT2D eigenvalue weighted by Gasteiger charge is 2.09.